The molecular formula is C9H9NO2S. The van der Waals surface area contributed by atoms with Gasteiger partial charge in [0.15, 0.2) is 5.09 Å². The van der Waals surface area contributed by atoms with Gasteiger partial charge in [-0.2, -0.15) is 0 Å². The first-order chi connectivity index (χ1) is 6.07. The van der Waals surface area contributed by atoms with Crippen molar-refractivity contribution in [1.82, 2.24) is 0 Å². The van der Waals surface area contributed by atoms with Gasteiger partial charge in [0, 0.05) is 11.5 Å². The van der Waals surface area contributed by atoms with Crippen molar-refractivity contribution in [2.75, 3.05) is 0 Å². The van der Waals surface area contributed by atoms with E-state index in [1.54, 1.807) is 12.1 Å². The van der Waals surface area contributed by atoms with Crippen molar-refractivity contribution in [1.29, 1.82) is 0 Å². The highest BCUT2D eigenvalue weighted by Crippen LogP contribution is 2.20. The molecule has 1 aromatic heterocycles. The molecule has 0 aliphatic carbocycles. The standard InChI is InChI=1S/C9H9NO2S/c1-13(10,11)9-6-7-4-2-3-5-8(7)12-9/h2-6H,1H2,(H2,10,11). The lowest BCUT2D eigenvalue weighted by molar-refractivity contribution is 0.502. The van der Waals surface area contributed by atoms with Gasteiger partial charge < -0.3 is 4.42 Å². The highest BCUT2D eigenvalue weighted by Gasteiger charge is 2.08. The second kappa shape index (κ2) is 2.61. The lowest BCUT2D eigenvalue weighted by atomic mass is 10.3. The minimum atomic E-state index is -2.73. The first-order valence-corrected chi connectivity index (χ1v) is 5.50. The van der Waals surface area contributed by atoms with Gasteiger partial charge in [0.25, 0.3) is 0 Å². The van der Waals surface area contributed by atoms with E-state index < -0.39 is 9.71 Å². The van der Waals surface area contributed by atoms with E-state index in [1.165, 1.54) is 0 Å². The summed E-state index contributed by atoms with van der Waals surface area (Å²) in [5.74, 6) is 3.35. The van der Waals surface area contributed by atoms with Crippen molar-refractivity contribution in [2.24, 2.45) is 5.14 Å². The fourth-order valence-electron chi connectivity index (χ4n) is 1.13. The minimum Gasteiger partial charge on any atom is -0.447 e. The Morgan fingerprint density at radius 2 is 2.08 bits per heavy atom. The fourth-order valence-corrected chi connectivity index (χ4v) is 1.69. The summed E-state index contributed by atoms with van der Waals surface area (Å²) >= 11 is 0. The predicted molar refractivity (Wildman–Crippen MR) is 53.9 cm³/mol. The number of para-hydroxylation sites is 1. The van der Waals surface area contributed by atoms with E-state index in [9.17, 15) is 4.21 Å². The second-order valence-electron chi connectivity index (χ2n) is 2.83. The van der Waals surface area contributed by atoms with Crippen molar-refractivity contribution >= 4 is 26.5 Å². The number of hydrogen-bond donors (Lipinski definition) is 1. The molecule has 2 N–H and O–H groups in total. The number of furan rings is 1. The molecule has 3 nitrogen and oxygen atoms in total. The topological polar surface area (TPSA) is 56.2 Å². The van der Waals surface area contributed by atoms with Crippen molar-refractivity contribution in [3.8, 4) is 0 Å². The molecule has 0 aliphatic heterocycles. The van der Waals surface area contributed by atoms with Crippen LogP contribution in [0, 0.1) is 0 Å². The van der Waals surface area contributed by atoms with Crippen LogP contribution in [0.4, 0.5) is 0 Å². The predicted octanol–water partition coefficient (Wildman–Crippen LogP) is 1.38. The van der Waals surface area contributed by atoms with Crippen LogP contribution in [0.15, 0.2) is 39.8 Å². The van der Waals surface area contributed by atoms with Crippen LogP contribution in [0.5, 0.6) is 0 Å². The quantitative estimate of drug-likeness (QED) is 0.699. The van der Waals surface area contributed by atoms with E-state index in [0.717, 1.165) is 5.39 Å². The summed E-state index contributed by atoms with van der Waals surface area (Å²) in [4.78, 5) is 0. The zero-order chi connectivity index (χ0) is 9.47. The summed E-state index contributed by atoms with van der Waals surface area (Å²) in [6, 6.07) is 9.04. The smallest absolute Gasteiger partial charge is 0.196 e. The van der Waals surface area contributed by atoms with Crippen molar-refractivity contribution in [2.45, 2.75) is 5.09 Å². The Morgan fingerprint density at radius 1 is 1.38 bits per heavy atom. The Bertz CT molecular complexity index is 506. The van der Waals surface area contributed by atoms with Gasteiger partial charge in [-0.05, 0) is 11.9 Å². The van der Waals surface area contributed by atoms with Crippen LogP contribution in [-0.4, -0.2) is 10.1 Å². The van der Waals surface area contributed by atoms with Crippen LogP contribution in [0.1, 0.15) is 0 Å². The summed E-state index contributed by atoms with van der Waals surface area (Å²) in [7, 11) is -2.73. The van der Waals surface area contributed by atoms with E-state index in [1.807, 2.05) is 18.2 Å². The number of hydrogen-bond acceptors (Lipinski definition) is 2. The first-order valence-electron chi connectivity index (χ1n) is 3.71. The molecule has 0 saturated carbocycles. The molecule has 1 aromatic carbocycles. The van der Waals surface area contributed by atoms with Gasteiger partial charge in [-0.1, -0.05) is 18.2 Å². The maximum atomic E-state index is 11.3. The maximum Gasteiger partial charge on any atom is 0.196 e. The third-order valence-electron chi connectivity index (χ3n) is 1.74. The molecule has 1 atom stereocenters. The third kappa shape index (κ3) is 1.46. The molecule has 2 aromatic rings. The molecule has 0 saturated heterocycles. The van der Waals surface area contributed by atoms with Crippen molar-refractivity contribution in [3.05, 3.63) is 30.3 Å². The first kappa shape index (κ1) is 8.34. The SMILES string of the molecule is C=S(N)(=O)c1cc2ccccc2o1. The molecule has 0 bridgehead atoms. The van der Waals surface area contributed by atoms with Crippen molar-refractivity contribution in [3.63, 3.8) is 0 Å². The third-order valence-corrected chi connectivity index (χ3v) is 2.63. The van der Waals surface area contributed by atoms with Gasteiger partial charge in [0.1, 0.15) is 5.58 Å². The van der Waals surface area contributed by atoms with Gasteiger partial charge in [-0.3, -0.25) is 5.14 Å². The molecule has 1 unspecified atom stereocenters. The number of benzene rings is 1. The van der Waals surface area contributed by atoms with Gasteiger partial charge in [-0.25, -0.2) is 4.21 Å². The maximum absolute atomic E-state index is 11.3. The lowest BCUT2D eigenvalue weighted by Crippen LogP contribution is -2.10. The van der Waals surface area contributed by atoms with E-state index in [2.05, 4.69) is 5.87 Å². The van der Waals surface area contributed by atoms with Crippen molar-refractivity contribution < 1.29 is 8.63 Å². The molecule has 2 rings (SSSR count). The number of fused-ring (bicyclic) bond motifs is 1. The van der Waals surface area contributed by atoms with Gasteiger partial charge >= 0.3 is 0 Å². The molecule has 4 heteroatoms. The minimum absolute atomic E-state index is 0.244. The van der Waals surface area contributed by atoms with E-state index >= 15 is 0 Å². The average Bonchev–Trinajstić information content (AvgIpc) is 2.45. The summed E-state index contributed by atoms with van der Waals surface area (Å²) in [5, 5.41) is 6.48. The summed E-state index contributed by atoms with van der Waals surface area (Å²) < 4.78 is 16.6. The van der Waals surface area contributed by atoms with Crippen LogP contribution in [-0.2, 0) is 9.71 Å². The van der Waals surface area contributed by atoms with Crippen LogP contribution in [0.2, 0.25) is 0 Å². The molecule has 0 radical (unpaired) electrons. The Balaban J connectivity index is 2.77. The van der Waals surface area contributed by atoms with Crippen LogP contribution < -0.4 is 5.14 Å². The fraction of sp³-hybridized carbons (Fsp3) is 0. The summed E-state index contributed by atoms with van der Waals surface area (Å²) in [6.07, 6.45) is 0. The summed E-state index contributed by atoms with van der Waals surface area (Å²) in [5.41, 5.74) is 0.680. The van der Waals surface area contributed by atoms with Gasteiger partial charge in [-0.15, -0.1) is 0 Å². The monoisotopic (exact) mass is 195 g/mol. The molecule has 0 amide bonds. The van der Waals surface area contributed by atoms with E-state index in [-0.39, 0.29) is 5.09 Å². The Kier molecular flexibility index (Phi) is 1.68. The van der Waals surface area contributed by atoms with Gasteiger partial charge in [0.05, 0.1) is 9.71 Å². The molecule has 1 heterocycles. The van der Waals surface area contributed by atoms with Crippen LogP contribution >= 0.6 is 0 Å². The number of nitrogens with two attached hydrogens (primary N) is 1. The number of rotatable bonds is 1. The molecule has 13 heavy (non-hydrogen) atoms. The van der Waals surface area contributed by atoms with E-state index in [4.69, 9.17) is 9.56 Å². The second-order valence-corrected chi connectivity index (χ2v) is 4.68. The van der Waals surface area contributed by atoms with Gasteiger partial charge in [0.2, 0.25) is 0 Å². The Hall–Kier alpha value is -1.26. The molecule has 68 valence electrons. The zero-order valence-corrected chi connectivity index (χ0v) is 7.71. The molecular weight excluding hydrogens is 186 g/mol. The van der Waals surface area contributed by atoms with E-state index in [0.29, 0.717) is 5.58 Å². The Morgan fingerprint density at radius 3 is 2.69 bits per heavy atom. The molecule has 0 fully saturated rings. The highest BCUT2D eigenvalue weighted by molar-refractivity contribution is 7.98. The molecule has 0 aliphatic rings. The molecule has 0 spiro atoms. The summed E-state index contributed by atoms with van der Waals surface area (Å²) in [6.45, 7) is 0. The highest BCUT2D eigenvalue weighted by atomic mass is 32.2. The zero-order valence-electron chi connectivity index (χ0n) is 6.90. The normalized spacial score (nSPS) is 15.8. The largest absolute Gasteiger partial charge is 0.447 e. The average molecular weight is 195 g/mol. The lowest BCUT2D eigenvalue weighted by Gasteiger charge is -1.93. The van der Waals surface area contributed by atoms with Crippen LogP contribution in [0.3, 0.4) is 0 Å². The Labute approximate surface area is 76.3 Å². The van der Waals surface area contributed by atoms with Crippen LogP contribution in [0.25, 0.3) is 11.0 Å².